The number of phenols is 1. The third kappa shape index (κ3) is 4.01. The van der Waals surface area contributed by atoms with E-state index in [0.29, 0.717) is 11.3 Å². The molecule has 1 amide bonds. The zero-order chi connectivity index (χ0) is 17.5. The van der Waals surface area contributed by atoms with Gasteiger partial charge in [-0.05, 0) is 36.4 Å². The van der Waals surface area contributed by atoms with Gasteiger partial charge in [-0.3, -0.25) is 4.79 Å². The molecular weight excluding hydrogens is 312 g/mol. The Balaban J connectivity index is 1.94. The lowest BCUT2D eigenvalue weighted by molar-refractivity contribution is -0.119. The second-order valence-electron chi connectivity index (χ2n) is 4.67. The van der Waals surface area contributed by atoms with E-state index in [2.05, 4.69) is 5.32 Å². The molecule has 0 aliphatic heterocycles. The van der Waals surface area contributed by atoms with E-state index in [1.54, 1.807) is 24.3 Å². The van der Waals surface area contributed by atoms with Gasteiger partial charge in [0.15, 0.2) is 18.1 Å². The fourth-order valence-corrected chi connectivity index (χ4v) is 1.89. The van der Waals surface area contributed by atoms with Gasteiger partial charge in [0.2, 0.25) is 0 Å². The molecule has 0 bridgehead atoms. The number of amides is 1. The predicted octanol–water partition coefficient (Wildman–Crippen LogP) is 2.07. The van der Waals surface area contributed by atoms with Gasteiger partial charge >= 0.3 is 5.97 Å². The molecule has 2 N–H and O–H groups in total. The van der Waals surface area contributed by atoms with Crippen molar-refractivity contribution in [3.63, 3.8) is 0 Å². The first-order valence-corrected chi connectivity index (χ1v) is 6.88. The summed E-state index contributed by atoms with van der Waals surface area (Å²) in [5.41, 5.74) is 0.840. The highest BCUT2D eigenvalue weighted by Gasteiger charge is 2.17. The lowest BCUT2D eigenvalue weighted by atomic mass is 10.2. The Hall–Kier alpha value is -3.53. The topological polar surface area (TPSA) is 109 Å². The summed E-state index contributed by atoms with van der Waals surface area (Å²) in [4.78, 5) is 23.7. The van der Waals surface area contributed by atoms with Crippen molar-refractivity contribution >= 4 is 17.6 Å². The number of nitriles is 1. The van der Waals surface area contributed by atoms with E-state index in [4.69, 9.17) is 14.7 Å². The predicted molar refractivity (Wildman–Crippen MR) is 84.7 cm³/mol. The highest BCUT2D eigenvalue weighted by atomic mass is 16.5. The first-order chi connectivity index (χ1) is 11.5. The van der Waals surface area contributed by atoms with Crippen molar-refractivity contribution in [1.29, 1.82) is 5.26 Å². The number of hydrogen-bond acceptors (Lipinski definition) is 6. The summed E-state index contributed by atoms with van der Waals surface area (Å²) in [6.45, 7) is -0.518. The molecular formula is C17H14N2O5. The number of carbonyl (C=O) groups is 2. The number of methoxy groups -OCH3 is 1. The number of esters is 1. The van der Waals surface area contributed by atoms with Crippen molar-refractivity contribution in [1.82, 2.24) is 0 Å². The molecule has 2 rings (SSSR count). The van der Waals surface area contributed by atoms with Gasteiger partial charge in [-0.25, -0.2) is 4.79 Å². The number of para-hydroxylation sites is 1. The van der Waals surface area contributed by atoms with Gasteiger partial charge in [0.25, 0.3) is 5.91 Å². The number of phenolic OH excluding ortho intramolecular Hbond substituents is 1. The fraction of sp³-hybridized carbons (Fsp3) is 0.118. The van der Waals surface area contributed by atoms with Crippen molar-refractivity contribution in [3.05, 3.63) is 53.6 Å². The molecule has 0 unspecified atom stereocenters. The Kier molecular flexibility index (Phi) is 5.36. The number of rotatable bonds is 5. The fourth-order valence-electron chi connectivity index (χ4n) is 1.89. The van der Waals surface area contributed by atoms with E-state index in [9.17, 15) is 14.7 Å². The van der Waals surface area contributed by atoms with Crippen LogP contribution in [-0.2, 0) is 9.53 Å². The molecule has 0 saturated heterocycles. The van der Waals surface area contributed by atoms with Crippen molar-refractivity contribution in [2.24, 2.45) is 0 Å². The number of nitrogens with zero attached hydrogens (tertiary/aromatic N) is 1. The van der Waals surface area contributed by atoms with Gasteiger partial charge in [0, 0.05) is 5.69 Å². The summed E-state index contributed by atoms with van der Waals surface area (Å²) in [6, 6.07) is 12.6. The molecule has 24 heavy (non-hydrogen) atoms. The third-order valence-electron chi connectivity index (χ3n) is 3.07. The molecule has 2 aromatic rings. The molecule has 0 radical (unpaired) electrons. The molecule has 0 spiro atoms. The quantitative estimate of drug-likeness (QED) is 0.814. The Morgan fingerprint density at radius 1 is 1.21 bits per heavy atom. The second-order valence-corrected chi connectivity index (χ2v) is 4.67. The molecule has 122 valence electrons. The van der Waals surface area contributed by atoms with E-state index in [-0.39, 0.29) is 17.1 Å². The monoisotopic (exact) mass is 326 g/mol. The Morgan fingerprint density at radius 3 is 2.54 bits per heavy atom. The van der Waals surface area contributed by atoms with Crippen LogP contribution in [0, 0.1) is 11.3 Å². The van der Waals surface area contributed by atoms with Gasteiger partial charge < -0.3 is 19.9 Å². The van der Waals surface area contributed by atoms with Crippen LogP contribution in [0.5, 0.6) is 11.5 Å². The molecule has 0 aliphatic rings. The summed E-state index contributed by atoms with van der Waals surface area (Å²) < 4.78 is 9.77. The smallest absolute Gasteiger partial charge is 0.342 e. The van der Waals surface area contributed by atoms with Crippen molar-refractivity contribution in [2.45, 2.75) is 0 Å². The normalized spacial score (nSPS) is 9.67. The zero-order valence-electron chi connectivity index (χ0n) is 12.8. The zero-order valence-corrected chi connectivity index (χ0v) is 12.8. The minimum absolute atomic E-state index is 0.0967. The highest BCUT2D eigenvalue weighted by Crippen LogP contribution is 2.29. The number of hydrogen-bond donors (Lipinski definition) is 2. The average Bonchev–Trinajstić information content (AvgIpc) is 2.60. The van der Waals surface area contributed by atoms with Crippen LogP contribution < -0.4 is 10.1 Å². The minimum Gasteiger partial charge on any atom is -0.504 e. The van der Waals surface area contributed by atoms with Crippen molar-refractivity contribution in [3.8, 4) is 17.6 Å². The van der Waals surface area contributed by atoms with E-state index in [1.807, 2.05) is 6.07 Å². The van der Waals surface area contributed by atoms with E-state index in [1.165, 1.54) is 25.3 Å². The van der Waals surface area contributed by atoms with Crippen molar-refractivity contribution < 1.29 is 24.2 Å². The molecule has 0 aromatic heterocycles. The first kappa shape index (κ1) is 16.8. The molecule has 7 nitrogen and oxygen atoms in total. The lowest BCUT2D eigenvalue weighted by Crippen LogP contribution is -2.21. The van der Waals surface area contributed by atoms with Crippen LogP contribution in [0.1, 0.15) is 15.9 Å². The maximum atomic E-state index is 11.9. The maximum Gasteiger partial charge on any atom is 0.342 e. The van der Waals surface area contributed by atoms with E-state index >= 15 is 0 Å². The Labute approximate surface area is 138 Å². The van der Waals surface area contributed by atoms with Crippen LogP contribution in [0.3, 0.4) is 0 Å². The number of benzene rings is 2. The number of carbonyl (C=O) groups excluding carboxylic acids is 2. The van der Waals surface area contributed by atoms with Crippen LogP contribution in [0.15, 0.2) is 42.5 Å². The summed E-state index contributed by atoms with van der Waals surface area (Å²) in [5, 5.41) is 21.1. The second kappa shape index (κ2) is 7.65. The number of nitrogens with one attached hydrogen (secondary N) is 1. The lowest BCUT2D eigenvalue weighted by Gasteiger charge is -2.09. The maximum absolute atomic E-state index is 11.9. The van der Waals surface area contributed by atoms with E-state index < -0.39 is 18.5 Å². The SMILES string of the molecule is COc1cccc(C(=O)OCC(=O)Nc2ccc(C#N)cc2)c1O. The van der Waals surface area contributed by atoms with Crippen LogP contribution >= 0.6 is 0 Å². The molecule has 0 heterocycles. The number of ether oxygens (including phenoxy) is 2. The third-order valence-corrected chi connectivity index (χ3v) is 3.07. The minimum atomic E-state index is -0.846. The van der Waals surface area contributed by atoms with Gasteiger partial charge in [-0.1, -0.05) is 6.07 Å². The molecule has 7 heteroatoms. The van der Waals surface area contributed by atoms with Gasteiger partial charge in [-0.15, -0.1) is 0 Å². The molecule has 0 saturated carbocycles. The summed E-state index contributed by atoms with van der Waals surface area (Å²) in [5.74, 6) is -1.61. The Bertz CT molecular complexity index is 794. The van der Waals surface area contributed by atoms with Crippen LogP contribution in [0.2, 0.25) is 0 Å². The average molecular weight is 326 g/mol. The summed E-state index contributed by atoms with van der Waals surface area (Å²) >= 11 is 0. The standard InChI is InChI=1S/C17H14N2O5/c1-23-14-4-2-3-13(16(14)21)17(22)24-10-15(20)19-12-7-5-11(9-18)6-8-12/h2-8,21H,10H2,1H3,(H,19,20). The summed E-state index contributed by atoms with van der Waals surface area (Å²) in [7, 11) is 1.36. The van der Waals surface area contributed by atoms with Gasteiger partial charge in [0.1, 0.15) is 5.56 Å². The van der Waals surface area contributed by atoms with Gasteiger partial charge in [-0.2, -0.15) is 5.26 Å². The van der Waals surface area contributed by atoms with E-state index in [0.717, 1.165) is 0 Å². The summed E-state index contributed by atoms with van der Waals surface area (Å²) in [6.07, 6.45) is 0. The molecule has 2 aromatic carbocycles. The number of aromatic hydroxyl groups is 1. The first-order valence-electron chi connectivity index (χ1n) is 6.88. The number of anilines is 1. The van der Waals surface area contributed by atoms with Crippen LogP contribution in [0.25, 0.3) is 0 Å². The van der Waals surface area contributed by atoms with Crippen molar-refractivity contribution in [2.75, 3.05) is 19.0 Å². The largest absolute Gasteiger partial charge is 0.504 e. The van der Waals surface area contributed by atoms with Crippen LogP contribution in [-0.4, -0.2) is 30.7 Å². The molecule has 0 atom stereocenters. The molecule has 0 aliphatic carbocycles. The molecule has 0 fully saturated rings. The Morgan fingerprint density at radius 2 is 1.92 bits per heavy atom. The van der Waals surface area contributed by atoms with Gasteiger partial charge in [0.05, 0.1) is 18.7 Å². The highest BCUT2D eigenvalue weighted by molar-refractivity contribution is 5.97. The van der Waals surface area contributed by atoms with Crippen LogP contribution in [0.4, 0.5) is 5.69 Å².